The Bertz CT molecular complexity index is 719. The molecule has 1 N–H and O–H groups in total. The first kappa shape index (κ1) is 16.5. The fourth-order valence-electron chi connectivity index (χ4n) is 2.87. The second-order valence-electron chi connectivity index (χ2n) is 5.82. The van der Waals surface area contributed by atoms with E-state index in [9.17, 15) is 9.59 Å². The highest BCUT2D eigenvalue weighted by Gasteiger charge is 2.26. The number of amides is 1. The van der Waals surface area contributed by atoms with E-state index in [1.54, 1.807) is 28.9 Å². The zero-order valence-electron chi connectivity index (χ0n) is 13.1. The van der Waals surface area contributed by atoms with Crippen LogP contribution in [-0.2, 0) is 4.79 Å². The Kier molecular flexibility index (Phi) is 5.14. The minimum absolute atomic E-state index is 0.0959. The Hall–Kier alpha value is -2.35. The molecule has 2 aromatic heterocycles. The SMILES string of the molecule is O=C(O)CCC1CCCN(C(=O)c2csc(-c3cnccn3)n2)C1. The Morgan fingerprint density at radius 1 is 1.38 bits per heavy atom. The van der Waals surface area contributed by atoms with Crippen LogP contribution in [0.1, 0.15) is 36.2 Å². The molecule has 0 aliphatic carbocycles. The average molecular weight is 346 g/mol. The number of likely N-dealkylation sites (tertiary alicyclic amines) is 1. The summed E-state index contributed by atoms with van der Waals surface area (Å²) in [5, 5.41) is 11.2. The summed E-state index contributed by atoms with van der Waals surface area (Å²) in [6, 6.07) is 0. The molecule has 1 unspecified atom stereocenters. The molecule has 1 atom stereocenters. The maximum atomic E-state index is 12.6. The van der Waals surface area contributed by atoms with Crippen LogP contribution in [0.4, 0.5) is 0 Å². The third-order valence-electron chi connectivity index (χ3n) is 4.08. The summed E-state index contributed by atoms with van der Waals surface area (Å²) in [5.41, 5.74) is 1.07. The molecule has 1 amide bonds. The van der Waals surface area contributed by atoms with Gasteiger partial charge in [0.1, 0.15) is 16.4 Å². The zero-order valence-corrected chi connectivity index (χ0v) is 13.9. The number of carbonyl (C=O) groups excluding carboxylic acids is 1. The summed E-state index contributed by atoms with van der Waals surface area (Å²) in [7, 11) is 0. The Morgan fingerprint density at radius 2 is 2.25 bits per heavy atom. The number of aromatic nitrogens is 3. The molecule has 126 valence electrons. The molecule has 0 saturated carbocycles. The Balaban J connectivity index is 1.66. The molecule has 7 nitrogen and oxygen atoms in total. The van der Waals surface area contributed by atoms with Gasteiger partial charge in [-0.1, -0.05) is 0 Å². The maximum absolute atomic E-state index is 12.6. The first-order valence-corrected chi connectivity index (χ1v) is 8.74. The molecule has 0 aromatic carbocycles. The first-order chi connectivity index (χ1) is 11.6. The molecular formula is C16H18N4O3S. The fourth-order valence-corrected chi connectivity index (χ4v) is 3.63. The topological polar surface area (TPSA) is 96.3 Å². The molecule has 24 heavy (non-hydrogen) atoms. The molecule has 1 aliphatic rings. The number of thiazole rings is 1. The highest BCUT2D eigenvalue weighted by atomic mass is 32.1. The van der Waals surface area contributed by atoms with Crippen molar-refractivity contribution in [1.82, 2.24) is 19.9 Å². The van der Waals surface area contributed by atoms with E-state index >= 15 is 0 Å². The summed E-state index contributed by atoms with van der Waals surface area (Å²) in [4.78, 5) is 37.7. The van der Waals surface area contributed by atoms with Gasteiger partial charge < -0.3 is 10.0 Å². The van der Waals surface area contributed by atoms with Crippen molar-refractivity contribution >= 4 is 23.2 Å². The quantitative estimate of drug-likeness (QED) is 0.892. The Morgan fingerprint density at radius 3 is 3.00 bits per heavy atom. The van der Waals surface area contributed by atoms with E-state index in [1.165, 1.54) is 11.3 Å². The molecule has 8 heteroatoms. The van der Waals surface area contributed by atoms with Crippen LogP contribution in [-0.4, -0.2) is 49.9 Å². The molecule has 2 aromatic rings. The van der Waals surface area contributed by atoms with Gasteiger partial charge in [0.25, 0.3) is 5.91 Å². The second kappa shape index (κ2) is 7.48. The molecule has 3 rings (SSSR count). The van der Waals surface area contributed by atoms with Gasteiger partial charge in [0.15, 0.2) is 0 Å². The molecule has 1 aliphatic heterocycles. The van der Waals surface area contributed by atoms with Crippen LogP contribution in [0, 0.1) is 5.92 Å². The lowest BCUT2D eigenvalue weighted by molar-refractivity contribution is -0.137. The number of carboxylic acids is 1. The van der Waals surface area contributed by atoms with Gasteiger partial charge in [-0.05, 0) is 25.2 Å². The lowest BCUT2D eigenvalue weighted by Gasteiger charge is -2.32. The molecule has 1 saturated heterocycles. The van der Waals surface area contributed by atoms with E-state index < -0.39 is 5.97 Å². The number of aliphatic carboxylic acids is 1. The minimum atomic E-state index is -0.786. The van der Waals surface area contributed by atoms with Crippen LogP contribution in [0.2, 0.25) is 0 Å². The van der Waals surface area contributed by atoms with Gasteiger partial charge in [0.2, 0.25) is 0 Å². The lowest BCUT2D eigenvalue weighted by Crippen LogP contribution is -2.40. The molecule has 0 spiro atoms. The fraction of sp³-hybridized carbons (Fsp3) is 0.438. The number of hydrogen-bond donors (Lipinski definition) is 1. The third kappa shape index (κ3) is 3.94. The van der Waals surface area contributed by atoms with E-state index in [0.29, 0.717) is 35.9 Å². The van der Waals surface area contributed by atoms with Crippen LogP contribution < -0.4 is 0 Å². The van der Waals surface area contributed by atoms with Crippen LogP contribution in [0.3, 0.4) is 0 Å². The summed E-state index contributed by atoms with van der Waals surface area (Å²) in [5.74, 6) is -0.634. The summed E-state index contributed by atoms with van der Waals surface area (Å²) in [6.45, 7) is 1.30. The van der Waals surface area contributed by atoms with Crippen molar-refractivity contribution in [3.63, 3.8) is 0 Å². The summed E-state index contributed by atoms with van der Waals surface area (Å²) in [6.07, 6.45) is 7.44. The number of nitrogens with zero attached hydrogens (tertiary/aromatic N) is 4. The highest BCUT2D eigenvalue weighted by Crippen LogP contribution is 2.25. The smallest absolute Gasteiger partial charge is 0.303 e. The predicted octanol–water partition coefficient (Wildman–Crippen LogP) is 2.32. The van der Waals surface area contributed by atoms with Crippen molar-refractivity contribution in [1.29, 1.82) is 0 Å². The number of carbonyl (C=O) groups is 2. The van der Waals surface area contributed by atoms with Gasteiger partial charge in [-0.15, -0.1) is 11.3 Å². The van der Waals surface area contributed by atoms with Crippen LogP contribution >= 0.6 is 11.3 Å². The van der Waals surface area contributed by atoms with E-state index in [2.05, 4.69) is 15.0 Å². The van der Waals surface area contributed by atoms with Gasteiger partial charge in [0.05, 0.1) is 6.20 Å². The van der Waals surface area contributed by atoms with Crippen molar-refractivity contribution in [3.05, 3.63) is 29.7 Å². The number of carboxylic acid groups (broad SMARTS) is 1. The summed E-state index contributed by atoms with van der Waals surface area (Å²) >= 11 is 1.37. The van der Waals surface area contributed by atoms with Crippen molar-refractivity contribution in [2.45, 2.75) is 25.7 Å². The van der Waals surface area contributed by atoms with Gasteiger partial charge >= 0.3 is 5.97 Å². The highest BCUT2D eigenvalue weighted by molar-refractivity contribution is 7.13. The van der Waals surface area contributed by atoms with Gasteiger partial charge in [0, 0.05) is 37.3 Å². The number of hydrogen-bond acceptors (Lipinski definition) is 6. The Labute approximate surface area is 143 Å². The van der Waals surface area contributed by atoms with E-state index in [0.717, 1.165) is 12.8 Å². The average Bonchev–Trinajstić information content (AvgIpc) is 3.10. The molecule has 0 radical (unpaired) electrons. The molecule has 0 bridgehead atoms. The third-order valence-corrected chi connectivity index (χ3v) is 4.94. The maximum Gasteiger partial charge on any atom is 0.303 e. The standard InChI is InChI=1S/C16H18N4O3S/c21-14(22)4-3-11-2-1-7-20(9-11)16(23)13-10-24-15(19-13)12-8-17-5-6-18-12/h5-6,8,10-11H,1-4,7,9H2,(H,21,22). The van der Waals surface area contributed by atoms with Crippen molar-refractivity contribution in [3.8, 4) is 10.7 Å². The molecular weight excluding hydrogens is 328 g/mol. The van der Waals surface area contributed by atoms with E-state index in [-0.39, 0.29) is 18.2 Å². The molecule has 1 fully saturated rings. The normalized spacial score (nSPS) is 17.7. The largest absolute Gasteiger partial charge is 0.481 e. The first-order valence-electron chi connectivity index (χ1n) is 7.86. The van der Waals surface area contributed by atoms with Crippen molar-refractivity contribution in [2.75, 3.05) is 13.1 Å². The molecule has 3 heterocycles. The second-order valence-corrected chi connectivity index (χ2v) is 6.68. The van der Waals surface area contributed by atoms with E-state index in [4.69, 9.17) is 5.11 Å². The lowest BCUT2D eigenvalue weighted by atomic mass is 9.93. The predicted molar refractivity (Wildman–Crippen MR) is 88.6 cm³/mol. The van der Waals surface area contributed by atoms with Gasteiger partial charge in [-0.2, -0.15) is 0 Å². The van der Waals surface area contributed by atoms with Crippen molar-refractivity contribution < 1.29 is 14.7 Å². The van der Waals surface area contributed by atoms with Gasteiger partial charge in [-0.25, -0.2) is 4.98 Å². The number of piperidine rings is 1. The van der Waals surface area contributed by atoms with Crippen molar-refractivity contribution in [2.24, 2.45) is 5.92 Å². The summed E-state index contributed by atoms with van der Waals surface area (Å²) < 4.78 is 0. The van der Waals surface area contributed by atoms with Gasteiger partial charge in [-0.3, -0.25) is 19.6 Å². The van der Waals surface area contributed by atoms with Crippen LogP contribution in [0.25, 0.3) is 10.7 Å². The van der Waals surface area contributed by atoms with Crippen LogP contribution in [0.5, 0.6) is 0 Å². The van der Waals surface area contributed by atoms with Crippen LogP contribution in [0.15, 0.2) is 24.0 Å². The minimum Gasteiger partial charge on any atom is -0.481 e. The number of rotatable bonds is 5. The van der Waals surface area contributed by atoms with E-state index in [1.807, 2.05) is 0 Å². The zero-order chi connectivity index (χ0) is 16.9. The monoisotopic (exact) mass is 346 g/mol.